The van der Waals surface area contributed by atoms with Crippen molar-refractivity contribution in [3.05, 3.63) is 35.6 Å². The number of methoxy groups -OCH3 is 1. The van der Waals surface area contributed by atoms with Gasteiger partial charge in [0.1, 0.15) is 0 Å². The Morgan fingerprint density at radius 3 is 2.62 bits per heavy atom. The SMILES string of the molecule is COc1conc1-c1cccc2c1CCC(N(C(C)C)C(C)C)C2. The Morgan fingerprint density at radius 1 is 1.21 bits per heavy atom. The van der Waals surface area contributed by atoms with Crippen LogP contribution in [0.4, 0.5) is 0 Å². The van der Waals surface area contributed by atoms with Crippen LogP contribution in [-0.2, 0) is 12.8 Å². The molecule has 0 aliphatic heterocycles. The van der Waals surface area contributed by atoms with Crippen molar-refractivity contribution in [3.63, 3.8) is 0 Å². The Hall–Kier alpha value is -1.81. The van der Waals surface area contributed by atoms with Crippen molar-refractivity contribution in [1.82, 2.24) is 10.1 Å². The minimum atomic E-state index is 0.565. The van der Waals surface area contributed by atoms with E-state index in [-0.39, 0.29) is 0 Å². The summed E-state index contributed by atoms with van der Waals surface area (Å²) in [5.41, 5.74) is 4.79. The summed E-state index contributed by atoms with van der Waals surface area (Å²) in [6.45, 7) is 9.19. The van der Waals surface area contributed by atoms with Gasteiger partial charge in [-0.25, -0.2) is 0 Å². The third-order valence-corrected chi connectivity index (χ3v) is 5.08. The van der Waals surface area contributed by atoms with E-state index in [1.54, 1.807) is 13.4 Å². The highest BCUT2D eigenvalue weighted by Gasteiger charge is 2.29. The van der Waals surface area contributed by atoms with Gasteiger partial charge < -0.3 is 9.26 Å². The third-order valence-electron chi connectivity index (χ3n) is 5.08. The van der Waals surface area contributed by atoms with Crippen LogP contribution >= 0.6 is 0 Å². The van der Waals surface area contributed by atoms with Gasteiger partial charge in [0.15, 0.2) is 17.7 Å². The molecule has 1 unspecified atom stereocenters. The van der Waals surface area contributed by atoms with Crippen molar-refractivity contribution in [2.75, 3.05) is 7.11 Å². The summed E-state index contributed by atoms with van der Waals surface area (Å²) in [5.74, 6) is 0.705. The van der Waals surface area contributed by atoms with E-state index in [1.807, 2.05) is 0 Å². The zero-order valence-electron chi connectivity index (χ0n) is 15.4. The third kappa shape index (κ3) is 3.07. The molecule has 4 nitrogen and oxygen atoms in total. The van der Waals surface area contributed by atoms with Crippen LogP contribution in [0.3, 0.4) is 0 Å². The highest BCUT2D eigenvalue weighted by molar-refractivity contribution is 5.70. The van der Waals surface area contributed by atoms with Crippen LogP contribution < -0.4 is 4.74 Å². The zero-order chi connectivity index (χ0) is 17.3. The van der Waals surface area contributed by atoms with E-state index in [4.69, 9.17) is 9.26 Å². The standard InChI is InChI=1S/C20H28N2O2/c1-13(2)22(14(3)4)16-9-10-17-15(11-16)7-6-8-18(17)20-19(23-5)12-24-21-20/h6-8,12-14,16H,9-11H2,1-5H3. The fourth-order valence-corrected chi connectivity index (χ4v) is 4.26. The molecule has 1 aromatic carbocycles. The first-order chi connectivity index (χ1) is 11.5. The fourth-order valence-electron chi connectivity index (χ4n) is 4.26. The van der Waals surface area contributed by atoms with Gasteiger partial charge in [0, 0.05) is 23.7 Å². The van der Waals surface area contributed by atoms with Crippen LogP contribution in [0.15, 0.2) is 29.0 Å². The van der Waals surface area contributed by atoms with Gasteiger partial charge in [-0.05, 0) is 58.1 Å². The lowest BCUT2D eigenvalue weighted by Gasteiger charge is -2.41. The normalized spacial score (nSPS) is 17.6. The fraction of sp³-hybridized carbons (Fsp3) is 0.550. The van der Waals surface area contributed by atoms with Crippen molar-refractivity contribution in [1.29, 1.82) is 0 Å². The molecule has 0 bridgehead atoms. The molecule has 0 radical (unpaired) electrons. The maximum atomic E-state index is 5.39. The van der Waals surface area contributed by atoms with Gasteiger partial charge in [-0.15, -0.1) is 0 Å². The smallest absolute Gasteiger partial charge is 0.186 e. The quantitative estimate of drug-likeness (QED) is 0.819. The average Bonchev–Trinajstić information content (AvgIpc) is 3.01. The molecular formula is C20H28N2O2. The molecule has 24 heavy (non-hydrogen) atoms. The van der Waals surface area contributed by atoms with Gasteiger partial charge in [0.05, 0.1) is 7.11 Å². The van der Waals surface area contributed by atoms with Crippen LogP contribution in [0.25, 0.3) is 11.3 Å². The Morgan fingerprint density at radius 2 is 1.96 bits per heavy atom. The lowest BCUT2D eigenvalue weighted by Crippen LogP contribution is -2.47. The molecule has 1 aliphatic rings. The molecule has 0 saturated carbocycles. The maximum absolute atomic E-state index is 5.39. The van der Waals surface area contributed by atoms with E-state index in [1.165, 1.54) is 17.5 Å². The van der Waals surface area contributed by atoms with E-state index in [0.717, 1.165) is 24.1 Å². The van der Waals surface area contributed by atoms with Gasteiger partial charge in [0.25, 0.3) is 0 Å². The number of benzene rings is 1. The summed E-state index contributed by atoms with van der Waals surface area (Å²) in [4.78, 5) is 2.65. The minimum Gasteiger partial charge on any atom is -0.491 e. The van der Waals surface area contributed by atoms with Crippen molar-refractivity contribution in [2.45, 2.75) is 65.1 Å². The van der Waals surface area contributed by atoms with Crippen LogP contribution in [0.2, 0.25) is 0 Å². The van der Waals surface area contributed by atoms with Gasteiger partial charge in [0.2, 0.25) is 0 Å². The number of nitrogens with zero attached hydrogens (tertiary/aromatic N) is 2. The Balaban J connectivity index is 1.93. The molecule has 1 heterocycles. The predicted molar refractivity (Wildman–Crippen MR) is 96.4 cm³/mol. The van der Waals surface area contributed by atoms with Crippen LogP contribution in [-0.4, -0.2) is 35.3 Å². The van der Waals surface area contributed by atoms with Crippen LogP contribution in [0.5, 0.6) is 5.75 Å². The first kappa shape index (κ1) is 17.0. The molecule has 130 valence electrons. The van der Waals surface area contributed by atoms with Gasteiger partial charge >= 0.3 is 0 Å². The van der Waals surface area contributed by atoms with Gasteiger partial charge in [-0.2, -0.15) is 0 Å². The predicted octanol–water partition coefficient (Wildman–Crippen LogP) is 4.33. The highest BCUT2D eigenvalue weighted by atomic mass is 16.5. The largest absolute Gasteiger partial charge is 0.491 e. The summed E-state index contributed by atoms with van der Waals surface area (Å²) in [6, 6.07) is 8.25. The van der Waals surface area contributed by atoms with E-state index >= 15 is 0 Å². The second-order valence-electron chi connectivity index (χ2n) is 7.21. The van der Waals surface area contributed by atoms with Crippen molar-refractivity contribution in [2.24, 2.45) is 0 Å². The first-order valence-corrected chi connectivity index (χ1v) is 8.89. The lowest BCUT2D eigenvalue weighted by atomic mass is 9.83. The number of aromatic nitrogens is 1. The summed E-state index contributed by atoms with van der Waals surface area (Å²) in [6.07, 6.45) is 4.92. The molecule has 0 fully saturated rings. The Bertz CT molecular complexity index is 683. The van der Waals surface area contributed by atoms with E-state index < -0.39 is 0 Å². The molecule has 3 rings (SSSR count). The van der Waals surface area contributed by atoms with E-state index in [9.17, 15) is 0 Å². The highest BCUT2D eigenvalue weighted by Crippen LogP contribution is 2.36. The molecule has 2 aromatic rings. The molecule has 1 aliphatic carbocycles. The van der Waals surface area contributed by atoms with Crippen molar-refractivity contribution >= 4 is 0 Å². The molecule has 4 heteroatoms. The second-order valence-corrected chi connectivity index (χ2v) is 7.21. The Kier molecular flexibility index (Phi) is 4.95. The first-order valence-electron chi connectivity index (χ1n) is 8.89. The molecule has 0 saturated heterocycles. The zero-order valence-corrected chi connectivity index (χ0v) is 15.4. The topological polar surface area (TPSA) is 38.5 Å². The molecule has 0 amide bonds. The number of hydrogen-bond donors (Lipinski definition) is 0. The van der Waals surface area contributed by atoms with Gasteiger partial charge in [-0.1, -0.05) is 23.4 Å². The molecule has 0 N–H and O–H groups in total. The summed E-state index contributed by atoms with van der Waals surface area (Å²) >= 11 is 0. The van der Waals surface area contributed by atoms with Gasteiger partial charge in [-0.3, -0.25) is 4.90 Å². The van der Waals surface area contributed by atoms with Crippen molar-refractivity contribution in [3.8, 4) is 17.0 Å². The lowest BCUT2D eigenvalue weighted by molar-refractivity contribution is 0.102. The maximum Gasteiger partial charge on any atom is 0.186 e. The van der Waals surface area contributed by atoms with E-state index in [2.05, 4.69) is 56.0 Å². The summed E-state index contributed by atoms with van der Waals surface area (Å²) in [7, 11) is 1.66. The Labute approximate surface area is 144 Å². The second kappa shape index (κ2) is 6.98. The molecule has 1 atom stereocenters. The van der Waals surface area contributed by atoms with Crippen LogP contribution in [0, 0.1) is 0 Å². The number of hydrogen-bond acceptors (Lipinski definition) is 4. The molecule has 0 spiro atoms. The van der Waals surface area contributed by atoms with Crippen LogP contribution in [0.1, 0.15) is 45.2 Å². The minimum absolute atomic E-state index is 0.565. The van der Waals surface area contributed by atoms with E-state index in [0.29, 0.717) is 23.9 Å². The molecule has 1 aromatic heterocycles. The van der Waals surface area contributed by atoms with Crippen molar-refractivity contribution < 1.29 is 9.26 Å². The number of fused-ring (bicyclic) bond motifs is 1. The summed E-state index contributed by atoms with van der Waals surface area (Å²) < 4.78 is 10.5. The number of ether oxygens (including phenoxy) is 1. The number of rotatable bonds is 5. The summed E-state index contributed by atoms with van der Waals surface area (Å²) in [5, 5.41) is 4.17. The monoisotopic (exact) mass is 328 g/mol. The molecular weight excluding hydrogens is 300 g/mol. The average molecular weight is 328 g/mol.